The molecule has 0 radical (unpaired) electrons. The Kier molecular flexibility index (Phi) is 8.92. The van der Waals surface area contributed by atoms with E-state index in [2.05, 4.69) is 243 Å². The van der Waals surface area contributed by atoms with Crippen molar-refractivity contribution in [3.8, 4) is 66.8 Å². The molecule has 9 aromatic carbocycles. The molecule has 0 fully saturated rings. The van der Waals surface area contributed by atoms with Crippen molar-refractivity contribution in [2.24, 2.45) is 0 Å². The van der Waals surface area contributed by atoms with Gasteiger partial charge >= 0.3 is 0 Å². The number of para-hydroxylation sites is 1. The third-order valence-electron chi connectivity index (χ3n) is 11.9. The van der Waals surface area contributed by atoms with Crippen molar-refractivity contribution in [2.45, 2.75) is 19.3 Å². The zero-order valence-electron chi connectivity index (χ0n) is 32.8. The molecule has 0 N–H and O–H groups in total. The fraction of sp³-hybridized carbons (Fsp3) is 0.0526. The number of nitrogens with zero attached hydrogens (tertiary/aromatic N) is 1. The predicted molar refractivity (Wildman–Crippen MR) is 246 cm³/mol. The van der Waals surface area contributed by atoms with Crippen molar-refractivity contribution in [2.75, 3.05) is 4.90 Å². The van der Waals surface area contributed by atoms with Gasteiger partial charge in [-0.3, -0.25) is 0 Å². The molecule has 0 bridgehead atoms. The van der Waals surface area contributed by atoms with Crippen LogP contribution in [-0.4, -0.2) is 0 Å². The van der Waals surface area contributed by atoms with Gasteiger partial charge in [-0.25, -0.2) is 0 Å². The van der Waals surface area contributed by atoms with Gasteiger partial charge in [0.15, 0.2) is 0 Å². The van der Waals surface area contributed by atoms with Gasteiger partial charge in [-0.2, -0.15) is 0 Å². The highest BCUT2D eigenvalue weighted by Gasteiger charge is 2.36. The maximum absolute atomic E-state index is 2.46. The molecule has 1 aliphatic carbocycles. The number of anilines is 3. The molecule has 10 rings (SSSR count). The highest BCUT2D eigenvalue weighted by Crippen LogP contribution is 2.52. The van der Waals surface area contributed by atoms with Crippen molar-refractivity contribution < 1.29 is 0 Å². The Morgan fingerprint density at radius 1 is 0.276 bits per heavy atom. The van der Waals surface area contributed by atoms with Gasteiger partial charge < -0.3 is 4.90 Å². The van der Waals surface area contributed by atoms with E-state index in [1.807, 2.05) is 0 Å². The van der Waals surface area contributed by atoms with E-state index in [0.29, 0.717) is 0 Å². The molecule has 1 heteroatoms. The summed E-state index contributed by atoms with van der Waals surface area (Å²) in [6.07, 6.45) is 0. The third-order valence-corrected chi connectivity index (χ3v) is 11.9. The molecule has 276 valence electrons. The number of hydrogen-bond acceptors (Lipinski definition) is 1. The summed E-state index contributed by atoms with van der Waals surface area (Å²) in [4.78, 5) is 2.46. The highest BCUT2D eigenvalue weighted by atomic mass is 15.1. The Labute approximate surface area is 342 Å². The van der Waals surface area contributed by atoms with Gasteiger partial charge in [-0.15, -0.1) is 0 Å². The summed E-state index contributed by atoms with van der Waals surface area (Å²) in [5, 5.41) is 0. The summed E-state index contributed by atoms with van der Waals surface area (Å²) in [6.45, 7) is 4.72. The van der Waals surface area contributed by atoms with E-state index in [1.165, 1.54) is 77.9 Å². The predicted octanol–water partition coefficient (Wildman–Crippen LogP) is 15.8. The van der Waals surface area contributed by atoms with Crippen molar-refractivity contribution in [1.29, 1.82) is 0 Å². The molecule has 1 nitrogen and oxygen atoms in total. The highest BCUT2D eigenvalue weighted by molar-refractivity contribution is 5.97. The molecule has 0 aromatic heterocycles. The first-order chi connectivity index (χ1) is 28.5. The Morgan fingerprint density at radius 3 is 1.29 bits per heavy atom. The molecule has 0 saturated heterocycles. The summed E-state index contributed by atoms with van der Waals surface area (Å²) in [5.74, 6) is 0. The first-order valence-corrected chi connectivity index (χ1v) is 20.2. The zero-order chi connectivity index (χ0) is 39.1. The third kappa shape index (κ3) is 6.22. The van der Waals surface area contributed by atoms with E-state index in [9.17, 15) is 0 Å². The van der Waals surface area contributed by atoms with Crippen LogP contribution >= 0.6 is 0 Å². The molecule has 0 aliphatic heterocycles. The van der Waals surface area contributed by atoms with Crippen LogP contribution in [-0.2, 0) is 5.41 Å². The van der Waals surface area contributed by atoms with E-state index in [-0.39, 0.29) is 5.41 Å². The maximum Gasteiger partial charge on any atom is 0.0540 e. The van der Waals surface area contributed by atoms with Crippen LogP contribution in [0.15, 0.2) is 224 Å². The first-order valence-electron chi connectivity index (χ1n) is 20.2. The van der Waals surface area contributed by atoms with Crippen LogP contribution in [0.3, 0.4) is 0 Å². The summed E-state index contributed by atoms with van der Waals surface area (Å²) in [7, 11) is 0. The number of hydrogen-bond donors (Lipinski definition) is 0. The zero-order valence-corrected chi connectivity index (χ0v) is 32.8. The monoisotopic (exact) mass is 741 g/mol. The molecule has 0 saturated carbocycles. The maximum atomic E-state index is 2.46. The van der Waals surface area contributed by atoms with Gasteiger partial charge in [-0.05, 0) is 103 Å². The van der Waals surface area contributed by atoms with Crippen molar-refractivity contribution in [3.63, 3.8) is 0 Å². The summed E-state index contributed by atoms with van der Waals surface area (Å²) in [5.41, 5.74) is 20.6. The largest absolute Gasteiger partial charge is 0.310 e. The fourth-order valence-electron chi connectivity index (χ4n) is 8.98. The van der Waals surface area contributed by atoms with Gasteiger partial charge in [0.1, 0.15) is 0 Å². The Balaban J connectivity index is 1.12. The van der Waals surface area contributed by atoms with Crippen molar-refractivity contribution in [3.05, 3.63) is 236 Å². The quantitative estimate of drug-likeness (QED) is 0.150. The minimum Gasteiger partial charge on any atom is -0.310 e. The normalized spacial score (nSPS) is 12.4. The molecule has 0 atom stereocenters. The van der Waals surface area contributed by atoms with Crippen LogP contribution in [0.4, 0.5) is 17.1 Å². The second kappa shape index (κ2) is 14.7. The molecular formula is C57H43N. The topological polar surface area (TPSA) is 3.24 Å². The van der Waals surface area contributed by atoms with Crippen LogP contribution in [0.1, 0.15) is 25.0 Å². The minimum absolute atomic E-state index is 0.128. The smallest absolute Gasteiger partial charge is 0.0540 e. The van der Waals surface area contributed by atoms with Gasteiger partial charge in [0.25, 0.3) is 0 Å². The second-order valence-corrected chi connectivity index (χ2v) is 15.7. The van der Waals surface area contributed by atoms with E-state index >= 15 is 0 Å². The number of fused-ring (bicyclic) bond motifs is 3. The SMILES string of the molecule is CC1(C)c2ccccc2-c2ccc(N(c3ccc(-c4ccc(-c5ccccc5)cc4)cc3)c3ccccc3-c3ccccc3-c3ccccc3-c3ccccc3)cc21. The number of benzene rings is 9. The first kappa shape index (κ1) is 35.2. The average Bonchev–Trinajstić information content (AvgIpc) is 3.53. The molecule has 1 aliphatic rings. The van der Waals surface area contributed by atoms with Gasteiger partial charge in [-0.1, -0.05) is 208 Å². The molecular weight excluding hydrogens is 699 g/mol. The minimum atomic E-state index is -0.128. The van der Waals surface area contributed by atoms with Crippen LogP contribution in [0.25, 0.3) is 66.8 Å². The Morgan fingerprint density at radius 2 is 0.672 bits per heavy atom. The lowest BCUT2D eigenvalue weighted by Gasteiger charge is -2.30. The lowest BCUT2D eigenvalue weighted by atomic mass is 9.82. The molecule has 0 unspecified atom stereocenters. The standard InChI is InChI=1S/C57H43N/c1-57(2)54-27-15-13-25-51(54)52-38-37-46(39-55(52)57)58(45-35-33-43(34-36-45)42-31-29-41(30-32-42)40-17-5-3-6-18-40)56-28-16-14-26-53(56)50-24-12-11-23-49(50)48-22-10-9-21-47(48)44-19-7-4-8-20-44/h3-39H,1-2H3. The van der Waals surface area contributed by atoms with Crippen molar-refractivity contribution >= 4 is 17.1 Å². The molecule has 58 heavy (non-hydrogen) atoms. The fourth-order valence-corrected chi connectivity index (χ4v) is 8.98. The summed E-state index contributed by atoms with van der Waals surface area (Å²) >= 11 is 0. The van der Waals surface area contributed by atoms with E-state index in [1.54, 1.807) is 0 Å². The molecule has 0 heterocycles. The molecule has 0 spiro atoms. The van der Waals surface area contributed by atoms with E-state index in [4.69, 9.17) is 0 Å². The summed E-state index contributed by atoms with van der Waals surface area (Å²) < 4.78 is 0. The van der Waals surface area contributed by atoms with Gasteiger partial charge in [0, 0.05) is 22.4 Å². The molecule has 0 amide bonds. The lowest BCUT2D eigenvalue weighted by Crippen LogP contribution is -2.17. The van der Waals surface area contributed by atoms with Crippen LogP contribution in [0.2, 0.25) is 0 Å². The van der Waals surface area contributed by atoms with Crippen LogP contribution in [0, 0.1) is 0 Å². The lowest BCUT2D eigenvalue weighted by molar-refractivity contribution is 0.660. The van der Waals surface area contributed by atoms with Gasteiger partial charge in [0.2, 0.25) is 0 Å². The van der Waals surface area contributed by atoms with E-state index in [0.717, 1.165) is 17.1 Å². The Bertz CT molecular complexity index is 2890. The van der Waals surface area contributed by atoms with Crippen LogP contribution < -0.4 is 4.90 Å². The second-order valence-electron chi connectivity index (χ2n) is 15.7. The van der Waals surface area contributed by atoms with Crippen molar-refractivity contribution in [1.82, 2.24) is 0 Å². The van der Waals surface area contributed by atoms with Gasteiger partial charge in [0.05, 0.1) is 5.69 Å². The average molecular weight is 742 g/mol. The van der Waals surface area contributed by atoms with Crippen LogP contribution in [0.5, 0.6) is 0 Å². The van der Waals surface area contributed by atoms with E-state index < -0.39 is 0 Å². The Hall–Kier alpha value is -7.22. The summed E-state index contributed by atoms with van der Waals surface area (Å²) in [6, 6.07) is 81.8. The molecule has 9 aromatic rings. The number of rotatable bonds is 8.